The molecule has 0 spiro atoms. The zero-order valence-corrected chi connectivity index (χ0v) is 30.6. The van der Waals surface area contributed by atoms with Crippen molar-refractivity contribution in [3.63, 3.8) is 0 Å². The van der Waals surface area contributed by atoms with E-state index in [-0.39, 0.29) is 30.1 Å². The lowest BCUT2D eigenvalue weighted by Gasteiger charge is -2.66. The van der Waals surface area contributed by atoms with Crippen molar-refractivity contribution in [2.45, 2.75) is 133 Å². The zero-order chi connectivity index (χ0) is 39.0. The fourth-order valence-corrected chi connectivity index (χ4v) is 7.05. The van der Waals surface area contributed by atoms with Gasteiger partial charge in [-0.3, -0.25) is 4.79 Å². The van der Waals surface area contributed by atoms with Crippen LogP contribution in [0.15, 0.2) is 30.3 Å². The molecule has 2 saturated heterocycles. The maximum absolute atomic E-state index is 13.1. The summed E-state index contributed by atoms with van der Waals surface area (Å²) < 4.78 is 29.7. The van der Waals surface area contributed by atoms with Crippen LogP contribution in [-0.4, -0.2) is 123 Å². The normalized spacial score (nSPS) is 39.4. The van der Waals surface area contributed by atoms with Gasteiger partial charge in [0.1, 0.15) is 56.9 Å². The molecule has 2 heterocycles. The molecule has 9 N–H and O–H groups in total. The minimum absolute atomic E-state index is 0.118. The van der Waals surface area contributed by atoms with Gasteiger partial charge in [-0.25, -0.2) is 0 Å². The highest BCUT2D eigenvalue weighted by Gasteiger charge is 2.76. The summed E-state index contributed by atoms with van der Waals surface area (Å²) in [6.45, 7) is 10.7. The number of methoxy groups -OCH3 is 1. The largest absolute Gasteiger partial charge is 0.507 e. The molecule has 15 nitrogen and oxygen atoms in total. The average Bonchev–Trinajstić information content (AvgIpc) is 3.00. The monoisotopic (exact) mass is 724 g/mol. The summed E-state index contributed by atoms with van der Waals surface area (Å²) in [5.74, 6) is -4.40. The summed E-state index contributed by atoms with van der Waals surface area (Å²) in [6, 6.07) is 6.63. The van der Waals surface area contributed by atoms with Crippen LogP contribution < -0.4 is 9.47 Å². The minimum Gasteiger partial charge on any atom is -0.507 e. The summed E-state index contributed by atoms with van der Waals surface area (Å²) in [5.41, 5.74) is -14.7. The third-order valence-corrected chi connectivity index (χ3v) is 11.6. The van der Waals surface area contributed by atoms with E-state index < -0.39 is 86.8 Å². The molecule has 286 valence electrons. The number of aliphatic hydroxyl groups excluding tert-OH is 2. The molecule has 2 aliphatic heterocycles. The smallest absolute Gasteiger partial charge is 0.232 e. The molecule has 0 radical (unpaired) electrons. The second kappa shape index (κ2) is 12.7. The van der Waals surface area contributed by atoms with Crippen LogP contribution in [-0.2, 0) is 20.6 Å². The highest BCUT2D eigenvalue weighted by Crippen LogP contribution is 2.56. The first-order chi connectivity index (χ1) is 23.1. The number of phenols is 3. The number of hydrogen-bond donors (Lipinski definition) is 9. The van der Waals surface area contributed by atoms with Crippen molar-refractivity contribution in [2.75, 3.05) is 13.7 Å². The molecule has 15 heteroatoms. The van der Waals surface area contributed by atoms with E-state index >= 15 is 0 Å². The van der Waals surface area contributed by atoms with Gasteiger partial charge in [-0.05, 0) is 86.4 Å². The Kier molecular flexibility index (Phi) is 10.1. The van der Waals surface area contributed by atoms with Gasteiger partial charge < -0.3 is 69.6 Å². The van der Waals surface area contributed by atoms with Gasteiger partial charge in [-0.2, -0.15) is 0 Å². The summed E-state index contributed by atoms with van der Waals surface area (Å²) in [5, 5.41) is 100. The number of Topliss-reactive ketones (excluding diaryl/α,β-unsaturated/α-hetero) is 1. The molecule has 51 heavy (non-hydrogen) atoms. The van der Waals surface area contributed by atoms with E-state index in [2.05, 4.69) is 0 Å². The lowest BCUT2D eigenvalue weighted by Crippen LogP contribution is -2.85. The molecule has 0 amide bonds. The molecular formula is C36H52O15. The second-order valence-electron chi connectivity index (χ2n) is 15.3. The SMILES string of the molecule is COc1ccc(CCC(=O)c2c(O)cc(OC3O[C@@](C)(CO)[C@@](C)(O)[C@](C)(O)[C@]3(C)O[C@]3(C)OC(C)(C)[C@](C)(O)[C@](C)(O)[C@H]3O)cc2O)cc1O. The second-order valence-corrected chi connectivity index (χ2v) is 15.3. The van der Waals surface area contributed by atoms with Gasteiger partial charge >= 0.3 is 0 Å². The van der Waals surface area contributed by atoms with Crippen molar-refractivity contribution in [3.05, 3.63) is 41.5 Å². The van der Waals surface area contributed by atoms with Crippen LogP contribution in [0.5, 0.6) is 28.7 Å². The first-order valence-corrected chi connectivity index (χ1v) is 16.5. The van der Waals surface area contributed by atoms with Gasteiger partial charge in [0.25, 0.3) is 0 Å². The Bertz CT molecular complexity index is 1630. The number of aliphatic hydroxyl groups is 6. The number of carbonyl (C=O) groups excluding carboxylic acids is 1. The number of ether oxygens (including phenoxy) is 5. The third kappa shape index (κ3) is 6.11. The molecule has 2 aliphatic rings. The predicted molar refractivity (Wildman–Crippen MR) is 180 cm³/mol. The lowest BCUT2D eigenvalue weighted by molar-refractivity contribution is -0.484. The molecule has 1 unspecified atom stereocenters. The van der Waals surface area contributed by atoms with Gasteiger partial charge in [-0.15, -0.1) is 0 Å². The lowest BCUT2D eigenvalue weighted by atomic mass is 9.63. The van der Waals surface area contributed by atoms with E-state index in [1.54, 1.807) is 6.07 Å². The van der Waals surface area contributed by atoms with E-state index in [0.29, 0.717) is 5.56 Å². The van der Waals surface area contributed by atoms with Gasteiger partial charge in [0.2, 0.25) is 6.29 Å². The minimum atomic E-state index is -2.45. The molecule has 0 aromatic heterocycles. The number of aromatic hydroxyl groups is 3. The van der Waals surface area contributed by atoms with Crippen LogP contribution in [0.3, 0.4) is 0 Å². The fourth-order valence-electron chi connectivity index (χ4n) is 7.05. The maximum Gasteiger partial charge on any atom is 0.232 e. The van der Waals surface area contributed by atoms with Crippen LogP contribution in [0.4, 0.5) is 0 Å². The van der Waals surface area contributed by atoms with Crippen LogP contribution in [0.2, 0.25) is 0 Å². The highest BCUT2D eigenvalue weighted by atomic mass is 16.8. The zero-order valence-electron chi connectivity index (χ0n) is 30.6. The van der Waals surface area contributed by atoms with E-state index in [4.69, 9.17) is 23.7 Å². The Balaban J connectivity index is 1.73. The number of benzene rings is 2. The Morgan fingerprint density at radius 2 is 1.39 bits per heavy atom. The Hall–Kier alpha value is -3.25. The van der Waals surface area contributed by atoms with Crippen LogP contribution in [0.25, 0.3) is 0 Å². The van der Waals surface area contributed by atoms with Crippen molar-refractivity contribution < 1.29 is 74.4 Å². The first-order valence-electron chi connectivity index (χ1n) is 16.5. The van der Waals surface area contributed by atoms with Crippen molar-refractivity contribution in [1.82, 2.24) is 0 Å². The summed E-state index contributed by atoms with van der Waals surface area (Å²) in [7, 11) is 1.40. The van der Waals surface area contributed by atoms with Gasteiger partial charge in [0.15, 0.2) is 28.7 Å². The molecule has 2 aromatic carbocycles. The number of carbonyl (C=O) groups is 1. The Morgan fingerprint density at radius 1 is 0.824 bits per heavy atom. The third-order valence-electron chi connectivity index (χ3n) is 11.6. The highest BCUT2D eigenvalue weighted by molar-refractivity contribution is 6.01. The van der Waals surface area contributed by atoms with Gasteiger partial charge in [0, 0.05) is 18.6 Å². The van der Waals surface area contributed by atoms with Crippen LogP contribution in [0, 0.1) is 0 Å². The summed E-state index contributed by atoms with van der Waals surface area (Å²) >= 11 is 0. The number of phenolic OH excluding ortho intramolecular Hbond substituents is 3. The van der Waals surface area contributed by atoms with Crippen molar-refractivity contribution >= 4 is 5.78 Å². The number of hydrogen-bond acceptors (Lipinski definition) is 15. The molecule has 2 fully saturated rings. The topological polar surface area (TPSA) is 245 Å². The fraction of sp³-hybridized carbons (Fsp3) is 0.639. The van der Waals surface area contributed by atoms with Gasteiger partial charge in [0.05, 0.1) is 19.3 Å². The maximum atomic E-state index is 13.1. The van der Waals surface area contributed by atoms with Crippen molar-refractivity contribution in [1.29, 1.82) is 0 Å². The van der Waals surface area contributed by atoms with E-state index in [1.807, 2.05) is 0 Å². The van der Waals surface area contributed by atoms with Crippen molar-refractivity contribution in [3.8, 4) is 28.7 Å². The molecule has 0 aliphatic carbocycles. The predicted octanol–water partition coefficient (Wildman–Crippen LogP) is 1.78. The Labute approximate surface area is 296 Å². The van der Waals surface area contributed by atoms with E-state index in [9.17, 15) is 50.8 Å². The number of aryl methyl sites for hydroxylation is 1. The van der Waals surface area contributed by atoms with E-state index in [0.717, 1.165) is 12.1 Å². The molecule has 9 atom stereocenters. The number of rotatable bonds is 10. The molecule has 2 aromatic rings. The Morgan fingerprint density at radius 3 is 1.90 bits per heavy atom. The molecular weight excluding hydrogens is 672 g/mol. The average molecular weight is 725 g/mol. The molecule has 4 rings (SSSR count). The van der Waals surface area contributed by atoms with Crippen LogP contribution in [0.1, 0.15) is 84.7 Å². The summed E-state index contributed by atoms with van der Waals surface area (Å²) in [6.07, 6.45) is -3.83. The summed E-state index contributed by atoms with van der Waals surface area (Å²) in [4.78, 5) is 13.1. The van der Waals surface area contributed by atoms with E-state index in [1.165, 1.54) is 81.6 Å². The van der Waals surface area contributed by atoms with Gasteiger partial charge in [-0.1, -0.05) is 6.07 Å². The quantitative estimate of drug-likeness (QED) is 0.159. The first kappa shape index (κ1) is 40.5. The number of ketones is 1. The molecule has 0 bridgehead atoms. The van der Waals surface area contributed by atoms with Crippen LogP contribution >= 0.6 is 0 Å². The van der Waals surface area contributed by atoms with Crippen molar-refractivity contribution in [2.24, 2.45) is 0 Å². The standard InChI is InChI=1S/C36H52O15/c1-29(2)34(7,44)31(4,43)27(42)33(6,50-29)51-32(5)28(49-30(3,18-37)35(8,45)36(32,9)46)48-20-16-23(40)26(24(41)17-20)21(38)13-11-19-12-14-25(47-10)22(39)15-19/h12,14-17,27-28,37,39-46H,11,13,18H2,1-10H3/t27-,28?,30+,31-,32-,33+,34+,35-,36-/m1/s1. The molecule has 0 saturated carbocycles.